The summed E-state index contributed by atoms with van der Waals surface area (Å²) in [5, 5.41) is 35.2. The lowest BCUT2D eigenvalue weighted by Crippen LogP contribution is -1.97. The van der Waals surface area contributed by atoms with Crippen molar-refractivity contribution in [2.75, 3.05) is 0 Å². The number of aromatic hydroxyl groups is 2. The molecule has 0 saturated carbocycles. The highest BCUT2D eigenvalue weighted by Crippen LogP contribution is 2.24. The minimum absolute atomic E-state index is 0.167. The van der Waals surface area contributed by atoms with Crippen LogP contribution in [0.5, 0.6) is 11.5 Å². The predicted molar refractivity (Wildman–Crippen MR) is 50.8 cm³/mol. The first kappa shape index (κ1) is 10.6. The maximum atomic E-state index is 9.14. The summed E-state index contributed by atoms with van der Waals surface area (Å²) in [7, 11) is 0. The van der Waals surface area contributed by atoms with Gasteiger partial charge in [0.25, 0.3) is 0 Å². The van der Waals surface area contributed by atoms with E-state index in [-0.39, 0.29) is 11.5 Å². The molecule has 0 fully saturated rings. The fourth-order valence-corrected chi connectivity index (χ4v) is 1.02. The van der Waals surface area contributed by atoms with Gasteiger partial charge in [0, 0.05) is 0 Å². The number of rotatable bonds is 3. The molecule has 0 aliphatic carbocycles. The molecule has 76 valence electrons. The highest BCUT2D eigenvalue weighted by atomic mass is 16.5. The Bertz CT molecular complexity index is 331. The molecule has 0 radical (unpaired) electrons. The zero-order valence-electron chi connectivity index (χ0n) is 7.46. The Morgan fingerprint density at radius 1 is 1.14 bits per heavy atom. The molecule has 0 saturated heterocycles. The van der Waals surface area contributed by atoms with Gasteiger partial charge in [-0.25, -0.2) is 0 Å². The van der Waals surface area contributed by atoms with Crippen LogP contribution in [0.4, 0.5) is 0 Å². The molecule has 0 unspecified atom stereocenters. The number of phenols is 2. The summed E-state index contributed by atoms with van der Waals surface area (Å²) in [6.07, 6.45) is 1.80. The van der Waals surface area contributed by atoms with E-state index in [1.165, 1.54) is 18.2 Å². The van der Waals surface area contributed by atoms with Crippen molar-refractivity contribution in [3.63, 3.8) is 0 Å². The predicted octanol–water partition coefficient (Wildman–Crippen LogP) is 0.507. The van der Waals surface area contributed by atoms with Crippen molar-refractivity contribution in [1.82, 2.24) is 0 Å². The van der Waals surface area contributed by atoms with E-state index >= 15 is 0 Å². The first-order chi connectivity index (χ1) is 6.59. The van der Waals surface area contributed by atoms with E-state index in [4.69, 9.17) is 20.4 Å². The zero-order chi connectivity index (χ0) is 10.6. The van der Waals surface area contributed by atoms with E-state index in [1.54, 1.807) is 12.1 Å². The van der Waals surface area contributed by atoms with Gasteiger partial charge in [0.15, 0.2) is 17.8 Å². The van der Waals surface area contributed by atoms with Gasteiger partial charge < -0.3 is 20.4 Å². The third-order valence-electron chi connectivity index (χ3n) is 1.70. The van der Waals surface area contributed by atoms with Crippen molar-refractivity contribution in [1.29, 1.82) is 0 Å². The summed E-state index contributed by atoms with van der Waals surface area (Å²) >= 11 is 0. The lowest BCUT2D eigenvalue weighted by Gasteiger charge is -2.00. The molecule has 0 amide bonds. The fourth-order valence-electron chi connectivity index (χ4n) is 1.02. The molecule has 0 aliphatic heterocycles. The van der Waals surface area contributed by atoms with E-state index in [2.05, 4.69) is 0 Å². The summed E-state index contributed by atoms with van der Waals surface area (Å²) in [5.41, 5.74) is 0.775. The van der Waals surface area contributed by atoms with Crippen LogP contribution in [0.1, 0.15) is 5.56 Å². The van der Waals surface area contributed by atoms with Gasteiger partial charge in [0.2, 0.25) is 0 Å². The number of phenolic OH excluding ortho intramolecular Hbond substituents is 2. The minimum atomic E-state index is -1.46. The van der Waals surface area contributed by atoms with Gasteiger partial charge in [-0.1, -0.05) is 12.1 Å². The van der Waals surface area contributed by atoms with Crippen LogP contribution in [0.15, 0.2) is 30.4 Å². The van der Waals surface area contributed by atoms with Crippen LogP contribution < -0.4 is 0 Å². The van der Waals surface area contributed by atoms with Gasteiger partial charge in [-0.05, 0) is 30.2 Å². The SMILES string of the molecule is Oc1ccc(CC=CC(O)O)cc1O. The van der Waals surface area contributed by atoms with Crippen molar-refractivity contribution < 1.29 is 20.4 Å². The Morgan fingerprint density at radius 2 is 1.86 bits per heavy atom. The van der Waals surface area contributed by atoms with Gasteiger partial charge in [0.1, 0.15) is 0 Å². The van der Waals surface area contributed by atoms with Gasteiger partial charge in [0.05, 0.1) is 0 Å². The van der Waals surface area contributed by atoms with E-state index in [9.17, 15) is 0 Å². The van der Waals surface area contributed by atoms with Crippen molar-refractivity contribution >= 4 is 0 Å². The number of benzene rings is 1. The maximum absolute atomic E-state index is 9.14. The number of hydrogen-bond donors (Lipinski definition) is 4. The molecular weight excluding hydrogens is 184 g/mol. The standard InChI is InChI=1S/C10H12O4/c11-8-5-4-7(6-9(8)12)2-1-3-10(13)14/h1,3-6,10-14H,2H2. The van der Waals surface area contributed by atoms with Crippen LogP contribution in [-0.2, 0) is 6.42 Å². The van der Waals surface area contributed by atoms with Crippen molar-refractivity contribution in [2.45, 2.75) is 12.7 Å². The average Bonchev–Trinajstić information content (AvgIpc) is 2.10. The van der Waals surface area contributed by atoms with Gasteiger partial charge in [-0.2, -0.15) is 0 Å². The van der Waals surface area contributed by atoms with Crippen LogP contribution in [0.25, 0.3) is 0 Å². The Kier molecular flexibility index (Phi) is 3.50. The largest absolute Gasteiger partial charge is 0.504 e. The smallest absolute Gasteiger partial charge is 0.171 e. The molecule has 0 aromatic heterocycles. The van der Waals surface area contributed by atoms with E-state index in [1.807, 2.05) is 0 Å². The second-order valence-corrected chi connectivity index (χ2v) is 2.87. The molecule has 14 heavy (non-hydrogen) atoms. The summed E-state index contributed by atoms with van der Waals surface area (Å²) in [4.78, 5) is 0. The number of aliphatic hydroxyl groups excluding tert-OH is 1. The first-order valence-corrected chi connectivity index (χ1v) is 4.13. The lowest BCUT2D eigenvalue weighted by molar-refractivity contribution is 0.00221. The van der Waals surface area contributed by atoms with Crippen molar-refractivity contribution in [3.05, 3.63) is 35.9 Å². The minimum Gasteiger partial charge on any atom is -0.504 e. The molecule has 4 nitrogen and oxygen atoms in total. The average molecular weight is 196 g/mol. The Balaban J connectivity index is 2.64. The van der Waals surface area contributed by atoms with Crippen LogP contribution in [0.3, 0.4) is 0 Å². The molecule has 0 spiro atoms. The second-order valence-electron chi connectivity index (χ2n) is 2.87. The van der Waals surface area contributed by atoms with Crippen molar-refractivity contribution in [3.8, 4) is 11.5 Å². The third-order valence-corrected chi connectivity index (χ3v) is 1.70. The lowest BCUT2D eigenvalue weighted by atomic mass is 10.1. The summed E-state index contributed by atoms with van der Waals surface area (Å²) in [5.74, 6) is -0.347. The first-order valence-electron chi connectivity index (χ1n) is 4.13. The van der Waals surface area contributed by atoms with E-state index < -0.39 is 6.29 Å². The number of allylic oxidation sites excluding steroid dienone is 1. The van der Waals surface area contributed by atoms with E-state index in [0.717, 1.165) is 5.56 Å². The van der Waals surface area contributed by atoms with Crippen LogP contribution in [0, 0.1) is 0 Å². The van der Waals surface area contributed by atoms with Gasteiger partial charge >= 0.3 is 0 Å². The monoisotopic (exact) mass is 196 g/mol. The molecule has 1 rings (SSSR count). The molecule has 0 atom stereocenters. The van der Waals surface area contributed by atoms with Gasteiger partial charge in [-0.15, -0.1) is 0 Å². The maximum Gasteiger partial charge on any atom is 0.171 e. The molecular formula is C10H12O4. The molecule has 1 aromatic rings. The fraction of sp³-hybridized carbons (Fsp3) is 0.200. The Labute approximate surface area is 81.4 Å². The molecule has 0 bridgehead atoms. The Hall–Kier alpha value is -1.52. The van der Waals surface area contributed by atoms with Crippen LogP contribution in [0.2, 0.25) is 0 Å². The quantitative estimate of drug-likeness (QED) is 0.322. The molecule has 4 N–H and O–H groups in total. The number of aliphatic hydroxyl groups is 2. The summed E-state index contributed by atoms with van der Waals surface area (Å²) < 4.78 is 0. The molecule has 1 aromatic carbocycles. The molecule has 0 aliphatic rings. The Morgan fingerprint density at radius 3 is 2.43 bits per heavy atom. The molecule has 4 heteroatoms. The van der Waals surface area contributed by atoms with E-state index in [0.29, 0.717) is 6.42 Å². The zero-order valence-corrected chi connectivity index (χ0v) is 7.46. The van der Waals surface area contributed by atoms with Crippen molar-refractivity contribution in [2.24, 2.45) is 0 Å². The number of hydrogen-bond acceptors (Lipinski definition) is 4. The highest BCUT2D eigenvalue weighted by molar-refractivity contribution is 5.40. The second kappa shape index (κ2) is 4.64. The summed E-state index contributed by atoms with van der Waals surface area (Å²) in [6, 6.07) is 4.44. The third kappa shape index (κ3) is 3.08. The topological polar surface area (TPSA) is 80.9 Å². The van der Waals surface area contributed by atoms with Crippen LogP contribution >= 0.6 is 0 Å². The van der Waals surface area contributed by atoms with Crippen LogP contribution in [-0.4, -0.2) is 26.7 Å². The molecule has 0 heterocycles. The highest BCUT2D eigenvalue weighted by Gasteiger charge is 1.98. The normalized spacial score (nSPS) is 11.4. The van der Waals surface area contributed by atoms with Gasteiger partial charge in [-0.3, -0.25) is 0 Å². The summed E-state index contributed by atoms with van der Waals surface area (Å²) in [6.45, 7) is 0.